The molecule has 3 nitrogen and oxygen atoms in total. The molecule has 0 radical (unpaired) electrons. The number of carbonyl (C=O) groups is 1. The average molecular weight is 344 g/mol. The van der Waals surface area contributed by atoms with E-state index in [9.17, 15) is 4.79 Å². The third-order valence-corrected chi connectivity index (χ3v) is 18.8. The van der Waals surface area contributed by atoms with E-state index in [1.165, 1.54) is 28.6 Å². The van der Waals surface area contributed by atoms with E-state index in [1.807, 2.05) is 25.7 Å². The van der Waals surface area contributed by atoms with Gasteiger partial charge in [0.05, 0.1) is 0 Å². The van der Waals surface area contributed by atoms with Gasteiger partial charge in [0.25, 0.3) is 0 Å². The SMILES string of the molecule is C[CH2][Ge]([CH2]C)([CH2]C)[CH]1CCN(C(=O)OC(C)(C)C)CC1. The number of carbonyl (C=O) groups excluding carboxylic acids is 1. The van der Waals surface area contributed by atoms with Crippen LogP contribution in [0.5, 0.6) is 0 Å². The molecule has 1 amide bonds. The van der Waals surface area contributed by atoms with Gasteiger partial charge in [0.2, 0.25) is 0 Å². The Kier molecular flexibility index (Phi) is 6.42. The van der Waals surface area contributed by atoms with Crippen molar-refractivity contribution in [2.24, 2.45) is 0 Å². The van der Waals surface area contributed by atoms with Gasteiger partial charge in [-0.3, -0.25) is 0 Å². The molecule has 0 bridgehead atoms. The van der Waals surface area contributed by atoms with Crippen LogP contribution in [0.25, 0.3) is 0 Å². The van der Waals surface area contributed by atoms with Gasteiger partial charge in [-0.25, -0.2) is 0 Å². The first-order chi connectivity index (χ1) is 9.28. The second-order valence-corrected chi connectivity index (χ2v) is 19.0. The monoisotopic (exact) mass is 345 g/mol. The number of ether oxygens (including phenoxy) is 1. The average Bonchev–Trinajstić information content (AvgIpc) is 2.40. The van der Waals surface area contributed by atoms with E-state index in [-0.39, 0.29) is 11.7 Å². The molecule has 0 atom stereocenters. The van der Waals surface area contributed by atoms with Crippen molar-refractivity contribution in [1.29, 1.82) is 0 Å². The van der Waals surface area contributed by atoms with Gasteiger partial charge in [-0.2, -0.15) is 0 Å². The Bertz CT molecular complexity index is 305. The zero-order valence-electron chi connectivity index (χ0n) is 14.3. The van der Waals surface area contributed by atoms with Crippen molar-refractivity contribution in [2.75, 3.05) is 13.1 Å². The summed E-state index contributed by atoms with van der Waals surface area (Å²) in [6.45, 7) is 14.8. The second-order valence-electron chi connectivity index (χ2n) is 7.16. The summed E-state index contributed by atoms with van der Waals surface area (Å²) in [6, 6.07) is 0. The van der Waals surface area contributed by atoms with E-state index < -0.39 is 13.3 Å². The molecule has 20 heavy (non-hydrogen) atoms. The molecule has 0 saturated carbocycles. The number of amides is 1. The maximum atomic E-state index is 12.1. The summed E-state index contributed by atoms with van der Waals surface area (Å²) in [5.41, 5.74) is -0.383. The summed E-state index contributed by atoms with van der Waals surface area (Å²) >= 11 is -1.66. The van der Waals surface area contributed by atoms with Crippen molar-refractivity contribution in [3.05, 3.63) is 0 Å². The van der Waals surface area contributed by atoms with Gasteiger partial charge < -0.3 is 0 Å². The summed E-state index contributed by atoms with van der Waals surface area (Å²) in [5, 5.41) is 4.30. The van der Waals surface area contributed by atoms with Gasteiger partial charge in [0, 0.05) is 0 Å². The van der Waals surface area contributed by atoms with Crippen LogP contribution < -0.4 is 0 Å². The first-order valence-corrected chi connectivity index (χ1v) is 13.9. The summed E-state index contributed by atoms with van der Waals surface area (Å²) < 4.78 is 6.42. The van der Waals surface area contributed by atoms with Gasteiger partial charge in [-0.1, -0.05) is 0 Å². The van der Waals surface area contributed by atoms with Crippen molar-refractivity contribution in [3.63, 3.8) is 0 Å². The molecule has 1 rings (SSSR count). The molecule has 118 valence electrons. The normalized spacial score (nSPS) is 18.2. The van der Waals surface area contributed by atoms with Crippen LogP contribution in [0.15, 0.2) is 0 Å². The number of hydrogen-bond acceptors (Lipinski definition) is 2. The molecule has 4 heteroatoms. The number of likely N-dealkylation sites (tertiary alicyclic amines) is 1. The third kappa shape index (κ3) is 4.40. The molecule has 0 N–H and O–H groups in total. The molecule has 0 aromatic carbocycles. The Hall–Kier alpha value is -0.187. The molecule has 1 heterocycles. The first kappa shape index (κ1) is 17.9. The van der Waals surface area contributed by atoms with E-state index in [4.69, 9.17) is 4.74 Å². The molecule has 1 saturated heterocycles. The van der Waals surface area contributed by atoms with Crippen LogP contribution in [0, 0.1) is 0 Å². The predicted octanol–water partition coefficient (Wildman–Crippen LogP) is 4.90. The predicted molar refractivity (Wildman–Crippen MR) is 88.0 cm³/mol. The Labute approximate surface area is 127 Å². The Morgan fingerprint density at radius 3 is 1.90 bits per heavy atom. The van der Waals surface area contributed by atoms with Crippen LogP contribution in [0.1, 0.15) is 54.4 Å². The number of rotatable bonds is 4. The fraction of sp³-hybridized carbons (Fsp3) is 0.938. The van der Waals surface area contributed by atoms with Gasteiger partial charge in [0.1, 0.15) is 0 Å². The van der Waals surface area contributed by atoms with Crippen LogP contribution in [0.2, 0.25) is 20.5 Å². The second kappa shape index (κ2) is 7.19. The Morgan fingerprint density at radius 1 is 1.10 bits per heavy atom. The van der Waals surface area contributed by atoms with Gasteiger partial charge in [-0.15, -0.1) is 0 Å². The standard InChI is InChI=1S/C16H33GeNO2/c1-7-17(8-2,9-3)14-10-12-18(13-11-14)15(19)20-16(4,5)6/h14H,7-13H2,1-6H3. The van der Waals surface area contributed by atoms with Crippen LogP contribution in [-0.4, -0.2) is 42.9 Å². The van der Waals surface area contributed by atoms with Crippen LogP contribution >= 0.6 is 0 Å². The van der Waals surface area contributed by atoms with Crippen molar-refractivity contribution < 1.29 is 9.53 Å². The number of nitrogens with zero attached hydrogens (tertiary/aromatic N) is 1. The van der Waals surface area contributed by atoms with E-state index >= 15 is 0 Å². The minimum atomic E-state index is -1.66. The van der Waals surface area contributed by atoms with Crippen LogP contribution in [0.4, 0.5) is 4.79 Å². The van der Waals surface area contributed by atoms with Crippen LogP contribution in [0.3, 0.4) is 0 Å². The zero-order valence-corrected chi connectivity index (χ0v) is 16.4. The molecule has 0 aliphatic carbocycles. The van der Waals surface area contributed by atoms with Gasteiger partial charge in [0.15, 0.2) is 0 Å². The van der Waals surface area contributed by atoms with Crippen LogP contribution in [-0.2, 0) is 4.74 Å². The molecular weight excluding hydrogens is 311 g/mol. The van der Waals surface area contributed by atoms with E-state index in [2.05, 4.69) is 20.8 Å². The third-order valence-electron chi connectivity index (χ3n) is 5.13. The molecule has 0 aromatic heterocycles. The van der Waals surface area contributed by atoms with E-state index in [0.29, 0.717) is 0 Å². The van der Waals surface area contributed by atoms with Crippen molar-refractivity contribution in [1.82, 2.24) is 4.90 Å². The van der Waals surface area contributed by atoms with Crippen molar-refractivity contribution in [2.45, 2.75) is 80.5 Å². The fourth-order valence-electron chi connectivity index (χ4n) is 3.62. The molecule has 0 aromatic rings. The number of piperidine rings is 1. The molecule has 1 aliphatic rings. The van der Waals surface area contributed by atoms with E-state index in [0.717, 1.165) is 17.8 Å². The summed E-state index contributed by atoms with van der Waals surface area (Å²) in [5.74, 6) is 0. The quantitative estimate of drug-likeness (QED) is 0.679. The minimum absolute atomic E-state index is 0.126. The molecule has 1 aliphatic heterocycles. The molecule has 1 fully saturated rings. The van der Waals surface area contributed by atoms with Crippen molar-refractivity contribution in [3.8, 4) is 0 Å². The van der Waals surface area contributed by atoms with Gasteiger partial charge >= 0.3 is 127 Å². The Morgan fingerprint density at radius 2 is 1.55 bits per heavy atom. The first-order valence-electron chi connectivity index (χ1n) is 8.26. The fourth-order valence-corrected chi connectivity index (χ4v) is 13.5. The summed E-state index contributed by atoms with van der Waals surface area (Å²) in [4.78, 5) is 14.0. The molecule has 0 spiro atoms. The zero-order chi connectivity index (χ0) is 15.4. The maximum absolute atomic E-state index is 12.1. The molecular formula is C16H33GeNO2. The molecule has 0 unspecified atom stereocenters. The summed E-state index contributed by atoms with van der Waals surface area (Å²) in [7, 11) is 0. The van der Waals surface area contributed by atoms with E-state index in [1.54, 1.807) is 0 Å². The van der Waals surface area contributed by atoms with Crippen molar-refractivity contribution >= 4 is 19.4 Å². The Balaban J connectivity index is 2.57. The number of hydrogen-bond donors (Lipinski definition) is 0. The topological polar surface area (TPSA) is 29.5 Å². The van der Waals surface area contributed by atoms with Gasteiger partial charge in [-0.05, 0) is 0 Å². The summed E-state index contributed by atoms with van der Waals surface area (Å²) in [6.07, 6.45) is 2.28.